The molecular formula is C19H23FN6O2. The van der Waals surface area contributed by atoms with E-state index in [0.29, 0.717) is 18.8 Å². The second-order valence-corrected chi connectivity index (χ2v) is 6.42. The van der Waals surface area contributed by atoms with E-state index in [-0.39, 0.29) is 12.2 Å². The van der Waals surface area contributed by atoms with Crippen molar-refractivity contribution in [3.63, 3.8) is 0 Å². The number of aromatic nitrogens is 1. The Morgan fingerprint density at radius 1 is 1.14 bits per heavy atom. The van der Waals surface area contributed by atoms with Gasteiger partial charge in [0.25, 0.3) is 0 Å². The Labute approximate surface area is 162 Å². The minimum atomic E-state index is -0.953. The summed E-state index contributed by atoms with van der Waals surface area (Å²) >= 11 is 0. The fraction of sp³-hybridized carbons (Fsp3) is 0.316. The van der Waals surface area contributed by atoms with Gasteiger partial charge >= 0.3 is 6.09 Å². The van der Waals surface area contributed by atoms with Crippen molar-refractivity contribution in [1.29, 1.82) is 0 Å². The predicted octanol–water partition coefficient (Wildman–Crippen LogP) is 1.77. The summed E-state index contributed by atoms with van der Waals surface area (Å²) < 4.78 is 19.8. The van der Waals surface area contributed by atoms with Crippen LogP contribution >= 0.6 is 0 Å². The number of nitrogens with two attached hydrogens (primary N) is 2. The van der Waals surface area contributed by atoms with Crippen LogP contribution in [0, 0.1) is 12.7 Å². The number of amides is 1. The SMILES string of the molecule is Cc1ncccc1N1CCN(c2cccc(COC(=O)N=C(N)N)c2F)CC1. The quantitative estimate of drug-likeness (QED) is 0.609. The van der Waals surface area contributed by atoms with Crippen molar-refractivity contribution in [2.75, 3.05) is 36.0 Å². The number of piperazine rings is 1. The van der Waals surface area contributed by atoms with Crippen LogP contribution in [0.15, 0.2) is 41.5 Å². The van der Waals surface area contributed by atoms with E-state index in [9.17, 15) is 9.18 Å². The number of benzene rings is 1. The first-order valence-corrected chi connectivity index (χ1v) is 8.91. The summed E-state index contributed by atoms with van der Waals surface area (Å²) in [6.45, 7) is 4.59. The molecule has 2 aromatic rings. The minimum Gasteiger partial charge on any atom is -0.443 e. The zero-order valence-corrected chi connectivity index (χ0v) is 15.6. The number of aliphatic imine (C=N–C) groups is 1. The summed E-state index contributed by atoms with van der Waals surface area (Å²) in [7, 11) is 0. The number of hydrogen-bond donors (Lipinski definition) is 2. The Morgan fingerprint density at radius 3 is 2.43 bits per heavy atom. The highest BCUT2D eigenvalue weighted by Crippen LogP contribution is 2.26. The molecule has 3 rings (SSSR count). The van der Waals surface area contributed by atoms with E-state index in [1.165, 1.54) is 0 Å². The summed E-state index contributed by atoms with van der Waals surface area (Å²) in [4.78, 5) is 23.2. The zero-order chi connectivity index (χ0) is 20.1. The van der Waals surface area contributed by atoms with Gasteiger partial charge in [0.1, 0.15) is 6.61 Å². The largest absolute Gasteiger partial charge is 0.443 e. The average molecular weight is 386 g/mol. The van der Waals surface area contributed by atoms with Crippen LogP contribution in [0.3, 0.4) is 0 Å². The third-order valence-corrected chi connectivity index (χ3v) is 4.57. The Kier molecular flexibility index (Phi) is 5.93. The molecule has 4 N–H and O–H groups in total. The maximum Gasteiger partial charge on any atom is 0.437 e. The van der Waals surface area contributed by atoms with Gasteiger partial charge in [0.05, 0.1) is 17.1 Å². The predicted molar refractivity (Wildman–Crippen MR) is 106 cm³/mol. The number of anilines is 2. The number of aryl methyl sites for hydroxylation is 1. The molecule has 0 bridgehead atoms. The molecule has 0 unspecified atom stereocenters. The first-order chi connectivity index (χ1) is 13.5. The van der Waals surface area contributed by atoms with E-state index in [1.54, 1.807) is 24.4 Å². The maximum absolute atomic E-state index is 14.9. The zero-order valence-electron chi connectivity index (χ0n) is 15.6. The van der Waals surface area contributed by atoms with Crippen molar-refractivity contribution >= 4 is 23.4 Å². The van der Waals surface area contributed by atoms with Gasteiger partial charge in [-0.2, -0.15) is 0 Å². The molecule has 0 atom stereocenters. The fourth-order valence-corrected chi connectivity index (χ4v) is 3.20. The molecule has 28 heavy (non-hydrogen) atoms. The van der Waals surface area contributed by atoms with Crippen molar-refractivity contribution in [1.82, 2.24) is 4.98 Å². The van der Waals surface area contributed by atoms with Crippen LogP contribution in [0.25, 0.3) is 0 Å². The number of carbonyl (C=O) groups excluding carboxylic acids is 1. The van der Waals surface area contributed by atoms with Gasteiger partial charge in [0.2, 0.25) is 0 Å². The number of halogens is 1. The summed E-state index contributed by atoms with van der Waals surface area (Å²) in [5.41, 5.74) is 13.1. The maximum atomic E-state index is 14.9. The summed E-state index contributed by atoms with van der Waals surface area (Å²) in [5.74, 6) is -0.813. The van der Waals surface area contributed by atoms with Crippen LogP contribution < -0.4 is 21.3 Å². The van der Waals surface area contributed by atoms with E-state index in [4.69, 9.17) is 16.2 Å². The lowest BCUT2D eigenvalue weighted by Crippen LogP contribution is -2.47. The monoisotopic (exact) mass is 386 g/mol. The van der Waals surface area contributed by atoms with E-state index >= 15 is 0 Å². The van der Waals surface area contributed by atoms with E-state index < -0.39 is 17.9 Å². The van der Waals surface area contributed by atoms with Gasteiger partial charge in [-0.1, -0.05) is 12.1 Å². The Balaban J connectivity index is 1.66. The van der Waals surface area contributed by atoms with Crippen LogP contribution in [0.4, 0.5) is 20.6 Å². The van der Waals surface area contributed by atoms with Crippen LogP contribution in [0.5, 0.6) is 0 Å². The molecule has 0 aliphatic carbocycles. The van der Waals surface area contributed by atoms with Crippen LogP contribution in [-0.4, -0.2) is 43.2 Å². The standard InChI is InChI=1S/C19H23FN6O2/c1-13-15(6-3-7-23-13)25-8-10-26(11-9-25)16-5-2-4-14(17(16)20)12-28-19(27)24-18(21)22/h2-7H,8-12H2,1H3,(H4,21,22,24,27). The van der Waals surface area contributed by atoms with Gasteiger partial charge in [0, 0.05) is 37.9 Å². The molecule has 0 radical (unpaired) electrons. The molecule has 1 aliphatic heterocycles. The number of rotatable bonds is 4. The minimum absolute atomic E-state index is 0.246. The number of nitrogens with zero attached hydrogens (tertiary/aromatic N) is 4. The Morgan fingerprint density at radius 2 is 1.79 bits per heavy atom. The molecule has 1 fully saturated rings. The van der Waals surface area contributed by atoms with Gasteiger partial charge in [-0.25, -0.2) is 9.18 Å². The second-order valence-electron chi connectivity index (χ2n) is 6.42. The van der Waals surface area contributed by atoms with Crippen molar-refractivity contribution < 1.29 is 13.9 Å². The molecule has 2 heterocycles. The molecule has 148 valence electrons. The topological polar surface area (TPSA) is 110 Å². The van der Waals surface area contributed by atoms with E-state index in [0.717, 1.165) is 24.5 Å². The van der Waals surface area contributed by atoms with Crippen molar-refractivity contribution in [3.8, 4) is 0 Å². The summed E-state index contributed by atoms with van der Waals surface area (Å²) in [6, 6.07) is 8.99. The third kappa shape index (κ3) is 4.48. The van der Waals surface area contributed by atoms with Crippen LogP contribution in [0.1, 0.15) is 11.3 Å². The number of guanidine groups is 1. The van der Waals surface area contributed by atoms with E-state index in [1.807, 2.05) is 24.0 Å². The highest BCUT2D eigenvalue weighted by Gasteiger charge is 2.22. The van der Waals surface area contributed by atoms with Crippen molar-refractivity contribution in [2.45, 2.75) is 13.5 Å². The second kappa shape index (κ2) is 8.55. The van der Waals surface area contributed by atoms with Gasteiger partial charge < -0.3 is 26.0 Å². The molecule has 1 aliphatic rings. The molecule has 1 aromatic carbocycles. The highest BCUT2D eigenvalue weighted by atomic mass is 19.1. The Hall–Kier alpha value is -3.36. The molecule has 0 spiro atoms. The first kappa shape index (κ1) is 19.4. The van der Waals surface area contributed by atoms with Gasteiger partial charge in [-0.15, -0.1) is 4.99 Å². The third-order valence-electron chi connectivity index (χ3n) is 4.57. The smallest absolute Gasteiger partial charge is 0.437 e. The van der Waals surface area contributed by atoms with Crippen LogP contribution in [-0.2, 0) is 11.3 Å². The van der Waals surface area contributed by atoms with Crippen molar-refractivity contribution in [3.05, 3.63) is 53.6 Å². The Bertz CT molecular complexity index is 876. The summed E-state index contributed by atoms with van der Waals surface area (Å²) in [6.07, 6.45) is 0.820. The van der Waals surface area contributed by atoms with Crippen LogP contribution in [0.2, 0.25) is 0 Å². The van der Waals surface area contributed by atoms with Gasteiger partial charge in [0.15, 0.2) is 11.8 Å². The molecule has 8 nitrogen and oxygen atoms in total. The fourth-order valence-electron chi connectivity index (χ4n) is 3.20. The number of pyridine rings is 1. The highest BCUT2D eigenvalue weighted by molar-refractivity contribution is 5.87. The lowest BCUT2D eigenvalue weighted by Gasteiger charge is -2.38. The van der Waals surface area contributed by atoms with E-state index in [2.05, 4.69) is 14.9 Å². The summed E-state index contributed by atoms with van der Waals surface area (Å²) in [5, 5.41) is 0. The lowest BCUT2D eigenvalue weighted by atomic mass is 10.1. The molecule has 9 heteroatoms. The number of ether oxygens (including phenoxy) is 1. The van der Waals surface area contributed by atoms with Gasteiger partial charge in [-0.05, 0) is 25.1 Å². The molecule has 1 aromatic heterocycles. The number of carbonyl (C=O) groups is 1. The normalized spacial score (nSPS) is 13.9. The molecule has 1 amide bonds. The molecular weight excluding hydrogens is 363 g/mol. The average Bonchev–Trinajstić information content (AvgIpc) is 2.67. The molecule has 1 saturated heterocycles. The number of hydrogen-bond acceptors (Lipinski definition) is 5. The van der Waals surface area contributed by atoms with Crippen molar-refractivity contribution in [2.24, 2.45) is 16.5 Å². The lowest BCUT2D eigenvalue weighted by molar-refractivity contribution is 0.149. The van der Waals surface area contributed by atoms with Gasteiger partial charge in [-0.3, -0.25) is 4.98 Å². The first-order valence-electron chi connectivity index (χ1n) is 8.91. The molecule has 0 saturated carbocycles.